The number of piperazine rings is 1. The third-order valence-electron chi connectivity index (χ3n) is 6.58. The van der Waals surface area contributed by atoms with Gasteiger partial charge in [0.25, 0.3) is 0 Å². The monoisotopic (exact) mass is 484 g/mol. The van der Waals surface area contributed by atoms with Gasteiger partial charge in [-0.3, -0.25) is 9.88 Å². The van der Waals surface area contributed by atoms with Crippen LogP contribution in [0.3, 0.4) is 0 Å². The molecule has 5 aromatic rings. The molecule has 2 aromatic heterocycles. The first kappa shape index (κ1) is 22.1. The second kappa shape index (κ2) is 9.34. The number of hydrogen-bond donors (Lipinski definition) is 0. The molecule has 1 aliphatic rings. The number of thiazole rings is 1. The van der Waals surface area contributed by atoms with Crippen LogP contribution >= 0.6 is 11.3 Å². The fourth-order valence-corrected chi connectivity index (χ4v) is 5.22. The van der Waals surface area contributed by atoms with E-state index in [1.54, 1.807) is 23.6 Å². The summed E-state index contributed by atoms with van der Waals surface area (Å²) < 4.78 is 22.4. The third-order valence-corrected chi connectivity index (χ3v) is 7.39. The second-order valence-corrected chi connectivity index (χ2v) is 9.90. The minimum absolute atomic E-state index is 0.208. The van der Waals surface area contributed by atoms with Crippen molar-refractivity contribution < 1.29 is 9.13 Å². The molecule has 0 amide bonds. The number of likely N-dealkylation sites (N-methyl/N-ethyl adjacent to an activating group) is 1. The Labute approximate surface area is 207 Å². The van der Waals surface area contributed by atoms with Crippen LogP contribution in [0.1, 0.15) is 5.56 Å². The van der Waals surface area contributed by atoms with Gasteiger partial charge in [0.15, 0.2) is 0 Å². The van der Waals surface area contributed by atoms with Crippen LogP contribution in [-0.4, -0.2) is 53.0 Å². The summed E-state index contributed by atoms with van der Waals surface area (Å²) in [6.07, 6.45) is 1.72. The Kier molecular flexibility index (Phi) is 5.90. The van der Waals surface area contributed by atoms with E-state index in [4.69, 9.17) is 4.74 Å². The number of ether oxygens (including phenoxy) is 1. The molecular weight excluding hydrogens is 459 g/mol. The Morgan fingerprint density at radius 3 is 2.66 bits per heavy atom. The van der Waals surface area contributed by atoms with Gasteiger partial charge in [-0.2, -0.15) is 0 Å². The van der Waals surface area contributed by atoms with Crippen LogP contribution in [0.25, 0.3) is 32.2 Å². The number of nitrogens with zero attached hydrogens (tertiary/aromatic N) is 4. The summed E-state index contributed by atoms with van der Waals surface area (Å²) in [6.45, 7) is 4.90. The maximum Gasteiger partial charge on any atom is 0.138 e. The van der Waals surface area contributed by atoms with Gasteiger partial charge in [-0.1, -0.05) is 18.2 Å². The first-order valence-corrected chi connectivity index (χ1v) is 12.6. The summed E-state index contributed by atoms with van der Waals surface area (Å²) in [6, 6.07) is 19.1. The van der Waals surface area contributed by atoms with Gasteiger partial charge in [0, 0.05) is 55.9 Å². The Bertz CT molecular complexity index is 1510. The van der Waals surface area contributed by atoms with E-state index in [1.165, 1.54) is 0 Å². The smallest absolute Gasteiger partial charge is 0.138 e. The van der Waals surface area contributed by atoms with Gasteiger partial charge in [-0.05, 0) is 54.6 Å². The number of hydrogen-bond acceptors (Lipinski definition) is 6. The molecule has 3 heterocycles. The molecule has 0 spiro atoms. The van der Waals surface area contributed by atoms with Gasteiger partial charge in [0.05, 0.1) is 21.2 Å². The number of fused-ring (bicyclic) bond motifs is 2. The lowest BCUT2D eigenvalue weighted by Gasteiger charge is -2.32. The Morgan fingerprint density at radius 1 is 0.914 bits per heavy atom. The lowest BCUT2D eigenvalue weighted by molar-refractivity contribution is 0.148. The summed E-state index contributed by atoms with van der Waals surface area (Å²) >= 11 is 1.60. The Hall–Kier alpha value is -3.39. The molecule has 0 radical (unpaired) electrons. The van der Waals surface area contributed by atoms with E-state index < -0.39 is 0 Å². The van der Waals surface area contributed by atoms with Crippen LogP contribution in [0.5, 0.6) is 11.5 Å². The highest BCUT2D eigenvalue weighted by Gasteiger charge is 2.15. The number of halogens is 1. The predicted molar refractivity (Wildman–Crippen MR) is 140 cm³/mol. The Balaban J connectivity index is 1.25. The number of benzene rings is 3. The van der Waals surface area contributed by atoms with Gasteiger partial charge < -0.3 is 9.64 Å². The van der Waals surface area contributed by atoms with Gasteiger partial charge in [0.1, 0.15) is 17.3 Å². The first-order chi connectivity index (χ1) is 17.1. The van der Waals surface area contributed by atoms with E-state index in [0.717, 1.165) is 70.7 Å². The molecule has 0 bridgehead atoms. The van der Waals surface area contributed by atoms with Crippen molar-refractivity contribution in [3.05, 3.63) is 83.8 Å². The van der Waals surface area contributed by atoms with E-state index in [0.29, 0.717) is 11.3 Å². The fraction of sp³-hybridized carbons (Fsp3) is 0.214. The molecule has 3 aromatic carbocycles. The summed E-state index contributed by atoms with van der Waals surface area (Å²) in [5.41, 5.74) is 5.89. The minimum Gasteiger partial charge on any atom is -0.457 e. The summed E-state index contributed by atoms with van der Waals surface area (Å²) in [4.78, 5) is 13.6. The highest BCUT2D eigenvalue weighted by Crippen LogP contribution is 2.34. The van der Waals surface area contributed by atoms with Gasteiger partial charge in [0.2, 0.25) is 0 Å². The third kappa shape index (κ3) is 4.62. The molecule has 1 saturated heterocycles. The zero-order valence-corrected chi connectivity index (χ0v) is 20.3. The minimum atomic E-state index is -0.208. The zero-order chi connectivity index (χ0) is 23.8. The standard InChI is InChI=1S/C28H25FN4OS/c1-32-10-12-33(13-11-32)17-19-2-5-22(24(29)14-19)20-3-6-23-25(15-20)30-9-8-27(23)34-21-4-7-28-26(16-21)31-18-35-28/h2-9,14-16,18H,10-13,17H2,1H3. The van der Waals surface area contributed by atoms with Crippen LogP contribution in [0, 0.1) is 5.82 Å². The van der Waals surface area contributed by atoms with Crippen LogP contribution in [-0.2, 0) is 6.54 Å². The van der Waals surface area contributed by atoms with E-state index in [9.17, 15) is 0 Å². The first-order valence-electron chi connectivity index (χ1n) is 11.7. The van der Waals surface area contributed by atoms with Crippen molar-refractivity contribution in [1.29, 1.82) is 0 Å². The van der Waals surface area contributed by atoms with Gasteiger partial charge in [-0.25, -0.2) is 9.37 Å². The second-order valence-electron chi connectivity index (χ2n) is 9.02. The highest BCUT2D eigenvalue weighted by atomic mass is 32.1. The quantitative estimate of drug-likeness (QED) is 0.298. The van der Waals surface area contributed by atoms with Crippen molar-refractivity contribution >= 4 is 32.5 Å². The molecule has 0 unspecified atom stereocenters. The molecule has 0 saturated carbocycles. The fourth-order valence-electron chi connectivity index (χ4n) is 4.56. The summed E-state index contributed by atoms with van der Waals surface area (Å²) in [5.74, 6) is 1.22. The SMILES string of the molecule is CN1CCN(Cc2ccc(-c3ccc4c(Oc5ccc6scnc6c5)ccnc4c3)c(F)c2)CC1. The summed E-state index contributed by atoms with van der Waals surface area (Å²) in [5, 5.41) is 0.877. The molecule has 7 heteroatoms. The number of aromatic nitrogens is 2. The zero-order valence-electron chi connectivity index (χ0n) is 19.4. The number of pyridine rings is 1. The molecule has 176 valence electrons. The Morgan fingerprint density at radius 2 is 1.80 bits per heavy atom. The van der Waals surface area contributed by atoms with Crippen molar-refractivity contribution in [3.8, 4) is 22.6 Å². The van der Waals surface area contributed by atoms with E-state index in [2.05, 4.69) is 26.8 Å². The molecule has 1 aliphatic heterocycles. The molecule has 5 nitrogen and oxygen atoms in total. The molecule has 6 rings (SSSR count). The van der Waals surface area contributed by atoms with E-state index in [1.807, 2.05) is 60.1 Å². The maximum absolute atomic E-state index is 15.1. The maximum atomic E-state index is 15.1. The molecule has 0 aliphatic carbocycles. The van der Waals surface area contributed by atoms with Crippen LogP contribution in [0.2, 0.25) is 0 Å². The van der Waals surface area contributed by atoms with Gasteiger partial charge >= 0.3 is 0 Å². The normalized spacial score (nSPS) is 15.1. The molecule has 35 heavy (non-hydrogen) atoms. The molecule has 0 atom stereocenters. The average molecular weight is 485 g/mol. The number of rotatable bonds is 5. The summed E-state index contributed by atoms with van der Waals surface area (Å²) in [7, 11) is 2.14. The van der Waals surface area contributed by atoms with Crippen molar-refractivity contribution in [2.45, 2.75) is 6.54 Å². The molecule has 0 N–H and O–H groups in total. The van der Waals surface area contributed by atoms with E-state index >= 15 is 4.39 Å². The van der Waals surface area contributed by atoms with Gasteiger partial charge in [-0.15, -0.1) is 11.3 Å². The molecular formula is C28H25FN4OS. The van der Waals surface area contributed by atoms with Crippen LogP contribution < -0.4 is 4.74 Å². The predicted octanol–water partition coefficient (Wildman–Crippen LogP) is 6.19. The van der Waals surface area contributed by atoms with Crippen LogP contribution in [0.15, 0.2) is 72.4 Å². The topological polar surface area (TPSA) is 41.5 Å². The van der Waals surface area contributed by atoms with Crippen LogP contribution in [0.4, 0.5) is 4.39 Å². The largest absolute Gasteiger partial charge is 0.457 e. The lowest BCUT2D eigenvalue weighted by Crippen LogP contribution is -2.43. The average Bonchev–Trinajstić information content (AvgIpc) is 3.33. The highest BCUT2D eigenvalue weighted by molar-refractivity contribution is 7.16. The van der Waals surface area contributed by atoms with E-state index in [-0.39, 0.29) is 5.82 Å². The van der Waals surface area contributed by atoms with Crippen molar-refractivity contribution in [3.63, 3.8) is 0 Å². The van der Waals surface area contributed by atoms with Crippen molar-refractivity contribution in [1.82, 2.24) is 19.8 Å². The molecule has 1 fully saturated rings. The lowest BCUT2D eigenvalue weighted by atomic mass is 10.0. The van der Waals surface area contributed by atoms with Crippen molar-refractivity contribution in [2.24, 2.45) is 0 Å². The van der Waals surface area contributed by atoms with Crippen molar-refractivity contribution in [2.75, 3.05) is 33.2 Å².